The van der Waals surface area contributed by atoms with Crippen molar-refractivity contribution in [3.63, 3.8) is 0 Å². The number of hydrogen-bond acceptors (Lipinski definition) is 4. The van der Waals surface area contributed by atoms with Crippen molar-refractivity contribution in [3.8, 4) is 0 Å². The molecule has 0 aliphatic carbocycles. The van der Waals surface area contributed by atoms with Crippen molar-refractivity contribution in [3.05, 3.63) is 0 Å². The largest absolute Gasteiger partial charge is 0.356 e. The molecule has 1 saturated heterocycles. The van der Waals surface area contributed by atoms with Gasteiger partial charge >= 0.3 is 0 Å². The van der Waals surface area contributed by atoms with E-state index in [0.717, 1.165) is 12.3 Å². The fraction of sp³-hybridized carbons (Fsp3) is 1.00. The number of nitrogens with two attached hydrogens (primary N) is 1. The second kappa shape index (κ2) is 8.03. The van der Waals surface area contributed by atoms with E-state index in [1.54, 1.807) is 14.2 Å². The smallest absolute Gasteiger partial charge is 0.158 e. The lowest BCUT2D eigenvalue weighted by Gasteiger charge is -2.37. The molecule has 0 bridgehead atoms. The van der Waals surface area contributed by atoms with Gasteiger partial charge in [0.15, 0.2) is 6.29 Å². The third-order valence-electron chi connectivity index (χ3n) is 4.01. The van der Waals surface area contributed by atoms with Crippen LogP contribution in [0.3, 0.4) is 0 Å². The van der Waals surface area contributed by atoms with Gasteiger partial charge in [0.05, 0.1) is 0 Å². The molecule has 1 aliphatic heterocycles. The Morgan fingerprint density at radius 1 is 1.24 bits per heavy atom. The van der Waals surface area contributed by atoms with Crippen molar-refractivity contribution >= 4 is 0 Å². The summed E-state index contributed by atoms with van der Waals surface area (Å²) in [7, 11) is 3.37. The lowest BCUT2D eigenvalue weighted by Crippen LogP contribution is -2.47. The van der Waals surface area contributed by atoms with E-state index in [0.29, 0.717) is 12.6 Å². The highest BCUT2D eigenvalue weighted by atomic mass is 16.7. The van der Waals surface area contributed by atoms with Crippen molar-refractivity contribution in [2.45, 2.75) is 44.9 Å². The summed E-state index contributed by atoms with van der Waals surface area (Å²) in [6.07, 6.45) is 4.64. The van der Waals surface area contributed by atoms with Gasteiger partial charge in [-0.2, -0.15) is 0 Å². The molecule has 17 heavy (non-hydrogen) atoms. The van der Waals surface area contributed by atoms with Crippen LogP contribution in [0.2, 0.25) is 0 Å². The molecule has 4 nitrogen and oxygen atoms in total. The van der Waals surface area contributed by atoms with Gasteiger partial charge < -0.3 is 15.2 Å². The summed E-state index contributed by atoms with van der Waals surface area (Å²) in [5, 5.41) is 0. The third-order valence-corrected chi connectivity index (χ3v) is 4.01. The zero-order valence-electron chi connectivity index (χ0n) is 11.5. The van der Waals surface area contributed by atoms with Gasteiger partial charge in [0.1, 0.15) is 0 Å². The first-order valence-corrected chi connectivity index (χ1v) is 6.74. The van der Waals surface area contributed by atoms with Gasteiger partial charge in [-0.1, -0.05) is 13.3 Å². The molecule has 0 aromatic carbocycles. The van der Waals surface area contributed by atoms with E-state index < -0.39 is 0 Å². The van der Waals surface area contributed by atoms with Crippen LogP contribution in [-0.2, 0) is 9.47 Å². The molecule has 102 valence electrons. The first-order valence-electron chi connectivity index (χ1n) is 6.74. The summed E-state index contributed by atoms with van der Waals surface area (Å²) in [4.78, 5) is 2.50. The summed E-state index contributed by atoms with van der Waals surface area (Å²) in [6.45, 7) is 5.30. The summed E-state index contributed by atoms with van der Waals surface area (Å²) < 4.78 is 10.5. The molecule has 0 amide bonds. The molecule has 1 fully saturated rings. The first kappa shape index (κ1) is 14.9. The average Bonchev–Trinajstić information content (AvgIpc) is 2.40. The van der Waals surface area contributed by atoms with Crippen LogP contribution in [0.5, 0.6) is 0 Å². The van der Waals surface area contributed by atoms with Crippen molar-refractivity contribution in [1.29, 1.82) is 0 Å². The van der Waals surface area contributed by atoms with Crippen LogP contribution < -0.4 is 5.73 Å². The molecule has 1 heterocycles. The highest BCUT2D eigenvalue weighted by Gasteiger charge is 2.25. The minimum absolute atomic E-state index is 0.132. The zero-order chi connectivity index (χ0) is 12.7. The Balaban J connectivity index is 2.40. The highest BCUT2D eigenvalue weighted by Crippen LogP contribution is 2.22. The first-order chi connectivity index (χ1) is 8.24. The van der Waals surface area contributed by atoms with Crippen LogP contribution in [0.25, 0.3) is 0 Å². The number of methoxy groups -OCH3 is 2. The molecule has 1 rings (SSSR count). The number of nitrogens with zero attached hydrogens (tertiary/aromatic N) is 1. The molecule has 0 spiro atoms. The predicted octanol–water partition coefficient (Wildman–Crippen LogP) is 1.44. The molecule has 0 aromatic heterocycles. The predicted molar refractivity (Wildman–Crippen MR) is 69.9 cm³/mol. The molecule has 1 aliphatic rings. The number of ether oxygens (including phenoxy) is 2. The summed E-state index contributed by atoms with van der Waals surface area (Å²) >= 11 is 0. The molecule has 1 atom stereocenters. The normalized spacial score (nSPS) is 21.0. The SMILES string of the molecule is CCC1CCN(C(CN)CC(OC)OC)CC1. The maximum Gasteiger partial charge on any atom is 0.158 e. The van der Waals surface area contributed by atoms with Crippen molar-refractivity contribution in [1.82, 2.24) is 4.90 Å². The Morgan fingerprint density at radius 3 is 2.24 bits per heavy atom. The van der Waals surface area contributed by atoms with Crippen LogP contribution >= 0.6 is 0 Å². The van der Waals surface area contributed by atoms with Crippen molar-refractivity contribution in [2.75, 3.05) is 33.9 Å². The van der Waals surface area contributed by atoms with Crippen LogP contribution in [0.15, 0.2) is 0 Å². The van der Waals surface area contributed by atoms with Crippen LogP contribution in [0.4, 0.5) is 0 Å². The van der Waals surface area contributed by atoms with Gasteiger partial charge in [-0.05, 0) is 31.8 Å². The summed E-state index contributed by atoms with van der Waals surface area (Å²) in [5.74, 6) is 0.908. The van der Waals surface area contributed by atoms with Crippen LogP contribution in [0.1, 0.15) is 32.6 Å². The minimum atomic E-state index is -0.132. The van der Waals surface area contributed by atoms with E-state index in [9.17, 15) is 0 Å². The highest BCUT2D eigenvalue weighted by molar-refractivity contribution is 4.79. The quantitative estimate of drug-likeness (QED) is 0.689. The Labute approximate surface area is 105 Å². The summed E-state index contributed by atoms with van der Waals surface area (Å²) in [6, 6.07) is 0.387. The van der Waals surface area contributed by atoms with E-state index >= 15 is 0 Å². The van der Waals surface area contributed by atoms with Crippen LogP contribution in [0, 0.1) is 5.92 Å². The number of piperidine rings is 1. The molecule has 4 heteroatoms. The average molecular weight is 244 g/mol. The standard InChI is InChI=1S/C13H28N2O2/c1-4-11-5-7-15(8-6-11)12(10-14)9-13(16-2)17-3/h11-13H,4-10,14H2,1-3H3. The van der Waals surface area contributed by atoms with Crippen LogP contribution in [-0.4, -0.2) is 51.1 Å². The van der Waals surface area contributed by atoms with Crippen molar-refractivity contribution in [2.24, 2.45) is 11.7 Å². The molecular formula is C13H28N2O2. The Morgan fingerprint density at radius 2 is 1.82 bits per heavy atom. The molecule has 0 radical (unpaired) electrons. The molecule has 2 N–H and O–H groups in total. The Kier molecular flexibility index (Phi) is 7.04. The van der Waals surface area contributed by atoms with Gasteiger partial charge in [-0.3, -0.25) is 4.90 Å². The van der Waals surface area contributed by atoms with E-state index in [2.05, 4.69) is 11.8 Å². The fourth-order valence-corrected chi connectivity index (χ4v) is 2.63. The monoisotopic (exact) mass is 244 g/mol. The van der Waals surface area contributed by atoms with Gasteiger partial charge in [-0.25, -0.2) is 0 Å². The fourth-order valence-electron chi connectivity index (χ4n) is 2.63. The molecular weight excluding hydrogens is 216 g/mol. The lowest BCUT2D eigenvalue weighted by atomic mass is 9.93. The maximum absolute atomic E-state index is 5.88. The van der Waals surface area contributed by atoms with E-state index in [-0.39, 0.29) is 6.29 Å². The van der Waals surface area contributed by atoms with Gasteiger partial charge in [0.2, 0.25) is 0 Å². The number of likely N-dealkylation sites (tertiary alicyclic amines) is 1. The molecule has 1 unspecified atom stereocenters. The number of hydrogen-bond donors (Lipinski definition) is 1. The van der Waals surface area contributed by atoms with Gasteiger partial charge in [0.25, 0.3) is 0 Å². The van der Waals surface area contributed by atoms with E-state index in [4.69, 9.17) is 15.2 Å². The third kappa shape index (κ3) is 4.54. The lowest BCUT2D eigenvalue weighted by molar-refractivity contribution is -0.117. The van der Waals surface area contributed by atoms with E-state index in [1.807, 2.05) is 0 Å². The van der Waals surface area contributed by atoms with Gasteiger partial charge in [0, 0.05) is 33.2 Å². The van der Waals surface area contributed by atoms with E-state index in [1.165, 1.54) is 32.4 Å². The Hall–Kier alpha value is -0.160. The Bertz CT molecular complexity index is 190. The van der Waals surface area contributed by atoms with Crippen molar-refractivity contribution < 1.29 is 9.47 Å². The summed E-state index contributed by atoms with van der Waals surface area (Å²) in [5.41, 5.74) is 5.88. The maximum atomic E-state index is 5.88. The molecule has 0 saturated carbocycles. The van der Waals surface area contributed by atoms with Gasteiger partial charge in [-0.15, -0.1) is 0 Å². The second-order valence-corrected chi connectivity index (χ2v) is 4.91. The zero-order valence-corrected chi connectivity index (χ0v) is 11.5. The molecule has 0 aromatic rings. The number of rotatable bonds is 7. The minimum Gasteiger partial charge on any atom is -0.356 e. The topological polar surface area (TPSA) is 47.7 Å². The second-order valence-electron chi connectivity index (χ2n) is 4.91.